The highest BCUT2D eigenvalue weighted by molar-refractivity contribution is 7.99. The molecule has 1 aromatic heterocycles. The SMILES string of the molecule is COc1ccccc1Sc1ncccc1N. The number of ether oxygens (including phenoxy) is 1. The Balaban J connectivity index is 2.30. The molecule has 16 heavy (non-hydrogen) atoms. The third-order valence-corrected chi connectivity index (χ3v) is 3.17. The summed E-state index contributed by atoms with van der Waals surface area (Å²) in [7, 11) is 1.65. The van der Waals surface area contributed by atoms with Crippen LogP contribution in [0.3, 0.4) is 0 Å². The summed E-state index contributed by atoms with van der Waals surface area (Å²) in [5, 5.41) is 0.798. The van der Waals surface area contributed by atoms with E-state index in [1.54, 1.807) is 13.3 Å². The van der Waals surface area contributed by atoms with E-state index in [9.17, 15) is 0 Å². The molecular weight excluding hydrogens is 220 g/mol. The third-order valence-electron chi connectivity index (χ3n) is 2.08. The van der Waals surface area contributed by atoms with Crippen molar-refractivity contribution in [2.45, 2.75) is 9.92 Å². The molecule has 2 aromatic rings. The number of para-hydroxylation sites is 1. The second-order valence-corrected chi connectivity index (χ2v) is 4.18. The van der Waals surface area contributed by atoms with E-state index in [4.69, 9.17) is 10.5 Å². The first-order valence-corrected chi connectivity index (χ1v) is 5.64. The second-order valence-electron chi connectivity index (χ2n) is 3.15. The smallest absolute Gasteiger partial charge is 0.132 e. The van der Waals surface area contributed by atoms with E-state index in [0.29, 0.717) is 5.69 Å². The van der Waals surface area contributed by atoms with Gasteiger partial charge in [-0.1, -0.05) is 23.9 Å². The predicted molar refractivity (Wildman–Crippen MR) is 65.8 cm³/mol. The normalized spacial score (nSPS) is 10.1. The third kappa shape index (κ3) is 2.28. The number of hydrogen-bond acceptors (Lipinski definition) is 4. The summed E-state index contributed by atoms with van der Waals surface area (Å²) in [6.07, 6.45) is 1.73. The first-order chi connectivity index (χ1) is 7.81. The molecule has 0 radical (unpaired) electrons. The lowest BCUT2D eigenvalue weighted by atomic mass is 10.3. The molecule has 0 amide bonds. The zero-order valence-corrected chi connectivity index (χ0v) is 9.70. The van der Waals surface area contributed by atoms with Gasteiger partial charge >= 0.3 is 0 Å². The van der Waals surface area contributed by atoms with E-state index in [-0.39, 0.29) is 0 Å². The van der Waals surface area contributed by atoms with Crippen LogP contribution in [0.15, 0.2) is 52.5 Å². The largest absolute Gasteiger partial charge is 0.496 e. The Morgan fingerprint density at radius 3 is 2.75 bits per heavy atom. The van der Waals surface area contributed by atoms with E-state index in [2.05, 4.69) is 4.98 Å². The van der Waals surface area contributed by atoms with Gasteiger partial charge < -0.3 is 10.5 Å². The van der Waals surface area contributed by atoms with Gasteiger partial charge in [-0.25, -0.2) is 4.98 Å². The summed E-state index contributed by atoms with van der Waals surface area (Å²) in [4.78, 5) is 5.24. The van der Waals surface area contributed by atoms with E-state index in [1.807, 2.05) is 36.4 Å². The van der Waals surface area contributed by atoms with Crippen molar-refractivity contribution in [1.29, 1.82) is 0 Å². The standard InChI is InChI=1S/C12H12N2OS/c1-15-10-6-2-3-7-11(10)16-12-9(13)5-4-8-14-12/h2-8H,13H2,1H3. The van der Waals surface area contributed by atoms with Crippen LogP contribution in [-0.4, -0.2) is 12.1 Å². The predicted octanol–water partition coefficient (Wildman–Crippen LogP) is 2.82. The van der Waals surface area contributed by atoms with Crippen LogP contribution >= 0.6 is 11.8 Å². The maximum atomic E-state index is 5.84. The number of nitrogens with two attached hydrogens (primary N) is 1. The molecule has 4 heteroatoms. The molecule has 0 bridgehead atoms. The van der Waals surface area contributed by atoms with Gasteiger partial charge in [-0.2, -0.15) is 0 Å². The summed E-state index contributed by atoms with van der Waals surface area (Å²) in [6.45, 7) is 0. The Kier molecular flexibility index (Phi) is 3.31. The summed E-state index contributed by atoms with van der Waals surface area (Å²) < 4.78 is 5.27. The highest BCUT2D eigenvalue weighted by atomic mass is 32.2. The molecule has 82 valence electrons. The van der Waals surface area contributed by atoms with Gasteiger partial charge in [0.05, 0.1) is 17.7 Å². The van der Waals surface area contributed by atoms with Gasteiger partial charge in [0.15, 0.2) is 0 Å². The van der Waals surface area contributed by atoms with Crippen molar-refractivity contribution >= 4 is 17.4 Å². The number of hydrogen-bond donors (Lipinski definition) is 1. The van der Waals surface area contributed by atoms with Crippen LogP contribution < -0.4 is 10.5 Å². The molecule has 0 atom stereocenters. The van der Waals surface area contributed by atoms with Gasteiger partial charge in [0.2, 0.25) is 0 Å². The van der Waals surface area contributed by atoms with Crippen LogP contribution in [0, 0.1) is 0 Å². The van der Waals surface area contributed by atoms with Crippen LogP contribution in [-0.2, 0) is 0 Å². The maximum absolute atomic E-state index is 5.84. The quantitative estimate of drug-likeness (QED) is 0.884. The number of rotatable bonds is 3. The molecule has 2 rings (SSSR count). The topological polar surface area (TPSA) is 48.1 Å². The number of nitrogens with zero attached hydrogens (tertiary/aromatic N) is 1. The van der Waals surface area contributed by atoms with E-state index in [1.165, 1.54) is 11.8 Å². The Bertz CT molecular complexity index is 488. The van der Waals surface area contributed by atoms with Crippen molar-refractivity contribution in [1.82, 2.24) is 4.98 Å². The van der Waals surface area contributed by atoms with Gasteiger partial charge in [-0.05, 0) is 24.3 Å². The number of methoxy groups -OCH3 is 1. The average Bonchev–Trinajstić information content (AvgIpc) is 2.33. The van der Waals surface area contributed by atoms with Crippen molar-refractivity contribution < 1.29 is 4.74 Å². The zero-order chi connectivity index (χ0) is 11.4. The number of aromatic nitrogens is 1. The minimum absolute atomic E-state index is 0.679. The lowest BCUT2D eigenvalue weighted by Gasteiger charge is -2.08. The Morgan fingerprint density at radius 1 is 1.19 bits per heavy atom. The van der Waals surface area contributed by atoms with Crippen LogP contribution in [0.4, 0.5) is 5.69 Å². The van der Waals surface area contributed by atoms with Crippen molar-refractivity contribution in [3.63, 3.8) is 0 Å². The summed E-state index contributed by atoms with van der Waals surface area (Å²) in [6, 6.07) is 11.5. The number of benzene rings is 1. The van der Waals surface area contributed by atoms with Crippen LogP contribution in [0.2, 0.25) is 0 Å². The molecule has 0 saturated heterocycles. The van der Waals surface area contributed by atoms with E-state index < -0.39 is 0 Å². The van der Waals surface area contributed by atoms with Gasteiger partial charge in [0.1, 0.15) is 10.8 Å². The molecule has 2 N–H and O–H groups in total. The van der Waals surface area contributed by atoms with Crippen molar-refractivity contribution in [3.05, 3.63) is 42.6 Å². The highest BCUT2D eigenvalue weighted by Crippen LogP contribution is 2.35. The van der Waals surface area contributed by atoms with Gasteiger partial charge in [-0.3, -0.25) is 0 Å². The summed E-state index contributed by atoms with van der Waals surface area (Å²) in [5.41, 5.74) is 6.51. The molecule has 0 spiro atoms. The monoisotopic (exact) mass is 232 g/mol. The fraction of sp³-hybridized carbons (Fsp3) is 0.0833. The number of anilines is 1. The minimum atomic E-state index is 0.679. The Hall–Kier alpha value is -1.68. The molecule has 0 unspecified atom stereocenters. The van der Waals surface area contributed by atoms with E-state index >= 15 is 0 Å². The molecule has 0 aliphatic rings. The highest BCUT2D eigenvalue weighted by Gasteiger charge is 2.06. The van der Waals surface area contributed by atoms with Crippen LogP contribution in [0.1, 0.15) is 0 Å². The molecule has 0 fully saturated rings. The first-order valence-electron chi connectivity index (χ1n) is 4.82. The second kappa shape index (κ2) is 4.90. The van der Waals surface area contributed by atoms with Crippen LogP contribution in [0.5, 0.6) is 5.75 Å². The van der Waals surface area contributed by atoms with Crippen LogP contribution in [0.25, 0.3) is 0 Å². The lowest BCUT2D eigenvalue weighted by Crippen LogP contribution is -1.91. The molecule has 0 aliphatic heterocycles. The fourth-order valence-electron chi connectivity index (χ4n) is 1.30. The first kappa shape index (κ1) is 10.8. The number of pyridine rings is 1. The molecule has 1 aromatic carbocycles. The zero-order valence-electron chi connectivity index (χ0n) is 8.88. The molecule has 0 aliphatic carbocycles. The van der Waals surface area contributed by atoms with Gasteiger partial charge in [-0.15, -0.1) is 0 Å². The van der Waals surface area contributed by atoms with Gasteiger partial charge in [0, 0.05) is 6.20 Å². The van der Waals surface area contributed by atoms with Crippen molar-refractivity contribution in [2.75, 3.05) is 12.8 Å². The fourth-order valence-corrected chi connectivity index (χ4v) is 2.20. The number of nitrogen functional groups attached to an aromatic ring is 1. The Morgan fingerprint density at radius 2 is 2.00 bits per heavy atom. The summed E-state index contributed by atoms with van der Waals surface area (Å²) >= 11 is 1.50. The van der Waals surface area contributed by atoms with E-state index in [0.717, 1.165) is 15.7 Å². The molecular formula is C12H12N2OS. The van der Waals surface area contributed by atoms with Gasteiger partial charge in [0.25, 0.3) is 0 Å². The summed E-state index contributed by atoms with van der Waals surface area (Å²) in [5.74, 6) is 0.831. The lowest BCUT2D eigenvalue weighted by molar-refractivity contribution is 0.405. The molecule has 1 heterocycles. The molecule has 0 saturated carbocycles. The maximum Gasteiger partial charge on any atom is 0.132 e. The minimum Gasteiger partial charge on any atom is -0.496 e. The van der Waals surface area contributed by atoms with Crippen molar-refractivity contribution in [3.8, 4) is 5.75 Å². The average molecular weight is 232 g/mol. The van der Waals surface area contributed by atoms with Crippen molar-refractivity contribution in [2.24, 2.45) is 0 Å². The molecule has 3 nitrogen and oxygen atoms in total. The Labute approximate surface area is 98.6 Å².